The van der Waals surface area contributed by atoms with Gasteiger partial charge in [0.2, 0.25) is 5.91 Å². The molecule has 0 aliphatic carbocycles. The Hall–Kier alpha value is -3.69. The number of halogens is 3. The molecule has 3 rings (SSSR count). The number of para-hydroxylation sites is 1. The lowest BCUT2D eigenvalue weighted by Gasteiger charge is -2.15. The van der Waals surface area contributed by atoms with Gasteiger partial charge in [0.15, 0.2) is 0 Å². The number of nitrogens with one attached hydrogen (secondary N) is 2. The predicted molar refractivity (Wildman–Crippen MR) is 111 cm³/mol. The van der Waals surface area contributed by atoms with Gasteiger partial charge < -0.3 is 15.4 Å². The summed E-state index contributed by atoms with van der Waals surface area (Å²) in [6.45, 7) is 3.34. The van der Waals surface area contributed by atoms with Gasteiger partial charge in [0.1, 0.15) is 17.5 Å². The first-order chi connectivity index (χ1) is 14.6. The maximum atomic E-state index is 12.9. The number of amides is 1. The summed E-state index contributed by atoms with van der Waals surface area (Å²) in [5.74, 6) is -0.851. The number of rotatable bonds is 6. The van der Waals surface area contributed by atoms with Crippen LogP contribution in [0.15, 0.2) is 59.4 Å². The fourth-order valence-corrected chi connectivity index (χ4v) is 3.01. The molecule has 0 fully saturated rings. The molecule has 1 heterocycles. The summed E-state index contributed by atoms with van der Waals surface area (Å²) < 4.78 is 43.7. The molecule has 164 valence electrons. The first kappa shape index (κ1) is 22.0. The molecule has 0 saturated carbocycles. The number of aromatic nitrogens is 2. The summed E-state index contributed by atoms with van der Waals surface area (Å²) in [7, 11) is 1.74. The van der Waals surface area contributed by atoms with Gasteiger partial charge in [-0.25, -0.2) is 4.68 Å². The molecule has 0 aliphatic rings. The molecule has 0 saturated heterocycles. The van der Waals surface area contributed by atoms with E-state index in [1.165, 1.54) is 16.8 Å². The number of carbonyl (C=O) groups is 1. The van der Waals surface area contributed by atoms with E-state index in [-0.39, 0.29) is 11.2 Å². The molecule has 31 heavy (non-hydrogen) atoms. The summed E-state index contributed by atoms with van der Waals surface area (Å²) in [4.78, 5) is 25.4. The Balaban J connectivity index is 1.72. The van der Waals surface area contributed by atoms with Crippen molar-refractivity contribution >= 4 is 17.3 Å². The zero-order valence-corrected chi connectivity index (χ0v) is 17.0. The van der Waals surface area contributed by atoms with Crippen molar-refractivity contribution in [3.8, 4) is 11.4 Å². The Morgan fingerprint density at radius 3 is 2.26 bits per heavy atom. The van der Waals surface area contributed by atoms with Crippen LogP contribution in [0.5, 0.6) is 5.75 Å². The number of hydrogen-bond donors (Lipinski definition) is 2. The molecule has 1 aromatic heterocycles. The standard InChI is InChI=1S/C21H21F3N4O3/c1-13(19(29)26-15-9-11-17(12-10-15)31-21(22,23)24)25-18-14(2)27(3)28(20(18)30)16-7-5-4-6-8-16/h4-13,25H,1-3H3,(H,26,29)/t13-/m0/s1. The van der Waals surface area contributed by atoms with Gasteiger partial charge in [-0.3, -0.25) is 14.3 Å². The van der Waals surface area contributed by atoms with Crippen molar-refractivity contribution in [3.05, 3.63) is 70.6 Å². The molecule has 0 unspecified atom stereocenters. The highest BCUT2D eigenvalue weighted by Crippen LogP contribution is 2.24. The first-order valence-corrected chi connectivity index (χ1v) is 9.34. The van der Waals surface area contributed by atoms with Gasteiger partial charge in [-0.1, -0.05) is 18.2 Å². The molecule has 0 aliphatic heterocycles. The van der Waals surface area contributed by atoms with Gasteiger partial charge in [0.05, 0.1) is 11.4 Å². The van der Waals surface area contributed by atoms with Gasteiger partial charge in [-0.15, -0.1) is 13.2 Å². The SMILES string of the molecule is Cc1c(N[C@@H](C)C(=O)Nc2ccc(OC(F)(F)F)cc2)c(=O)n(-c2ccccc2)n1C. The Bertz CT molecular complexity index is 1120. The molecule has 1 amide bonds. The summed E-state index contributed by atoms with van der Waals surface area (Å²) in [5, 5.41) is 5.52. The average Bonchev–Trinajstić information content (AvgIpc) is 2.92. The number of benzene rings is 2. The van der Waals surface area contributed by atoms with Crippen LogP contribution < -0.4 is 20.9 Å². The second-order valence-electron chi connectivity index (χ2n) is 6.86. The molecule has 2 N–H and O–H groups in total. The van der Waals surface area contributed by atoms with E-state index in [1.807, 2.05) is 18.2 Å². The lowest BCUT2D eigenvalue weighted by atomic mass is 10.2. The summed E-state index contributed by atoms with van der Waals surface area (Å²) in [6, 6.07) is 13.1. The first-order valence-electron chi connectivity index (χ1n) is 9.34. The smallest absolute Gasteiger partial charge is 0.406 e. The molecular formula is C21H21F3N4O3. The van der Waals surface area contributed by atoms with Crippen molar-refractivity contribution < 1.29 is 22.7 Å². The van der Waals surface area contributed by atoms with Gasteiger partial charge in [-0.2, -0.15) is 0 Å². The van der Waals surface area contributed by atoms with Gasteiger partial charge >= 0.3 is 6.36 Å². The van der Waals surface area contributed by atoms with Crippen molar-refractivity contribution in [1.29, 1.82) is 0 Å². The molecule has 1 atom stereocenters. The van der Waals surface area contributed by atoms with Crippen LogP contribution in [0.2, 0.25) is 0 Å². The molecule has 0 bridgehead atoms. The van der Waals surface area contributed by atoms with Crippen molar-refractivity contribution in [3.63, 3.8) is 0 Å². The third-order valence-corrected chi connectivity index (χ3v) is 4.66. The van der Waals surface area contributed by atoms with Crippen LogP contribution in [-0.2, 0) is 11.8 Å². The minimum Gasteiger partial charge on any atom is -0.406 e. The van der Waals surface area contributed by atoms with E-state index in [9.17, 15) is 22.8 Å². The molecule has 10 heteroatoms. The monoisotopic (exact) mass is 434 g/mol. The summed E-state index contributed by atoms with van der Waals surface area (Å²) >= 11 is 0. The van der Waals surface area contributed by atoms with Crippen LogP contribution in [0.25, 0.3) is 5.69 Å². The summed E-state index contributed by atoms with van der Waals surface area (Å²) in [6.07, 6.45) is -4.79. The molecular weight excluding hydrogens is 413 g/mol. The van der Waals surface area contributed by atoms with E-state index in [0.29, 0.717) is 17.1 Å². The quantitative estimate of drug-likeness (QED) is 0.619. The van der Waals surface area contributed by atoms with E-state index in [1.54, 1.807) is 37.7 Å². The van der Waals surface area contributed by atoms with E-state index in [0.717, 1.165) is 12.1 Å². The van der Waals surface area contributed by atoms with Crippen molar-refractivity contribution in [2.45, 2.75) is 26.3 Å². The van der Waals surface area contributed by atoms with Crippen LogP contribution in [0.1, 0.15) is 12.6 Å². The number of alkyl halides is 3. The van der Waals surface area contributed by atoms with Crippen molar-refractivity contribution in [2.24, 2.45) is 7.05 Å². The van der Waals surface area contributed by atoms with Crippen LogP contribution in [0.4, 0.5) is 24.5 Å². The van der Waals surface area contributed by atoms with E-state index in [2.05, 4.69) is 15.4 Å². The largest absolute Gasteiger partial charge is 0.573 e. The fraction of sp³-hybridized carbons (Fsp3) is 0.238. The molecule has 3 aromatic rings. The third kappa shape index (κ3) is 5.08. The lowest BCUT2D eigenvalue weighted by molar-refractivity contribution is -0.274. The minimum atomic E-state index is -4.79. The zero-order valence-electron chi connectivity index (χ0n) is 17.0. The maximum absolute atomic E-state index is 12.9. The second kappa shape index (κ2) is 8.58. The lowest BCUT2D eigenvalue weighted by Crippen LogP contribution is -2.34. The Morgan fingerprint density at radius 2 is 1.68 bits per heavy atom. The van der Waals surface area contributed by atoms with Crippen LogP contribution >= 0.6 is 0 Å². The van der Waals surface area contributed by atoms with Crippen LogP contribution in [0, 0.1) is 6.92 Å². The van der Waals surface area contributed by atoms with Gasteiger partial charge in [-0.05, 0) is 50.2 Å². The number of ether oxygens (including phenoxy) is 1. The number of hydrogen-bond acceptors (Lipinski definition) is 4. The predicted octanol–water partition coefficient (Wildman–Crippen LogP) is 3.82. The highest BCUT2D eigenvalue weighted by Gasteiger charge is 2.31. The van der Waals surface area contributed by atoms with Gasteiger partial charge in [0, 0.05) is 12.7 Å². The normalized spacial score (nSPS) is 12.3. The van der Waals surface area contributed by atoms with Gasteiger partial charge in [0.25, 0.3) is 5.56 Å². The number of carbonyl (C=O) groups excluding carboxylic acids is 1. The van der Waals surface area contributed by atoms with E-state index < -0.39 is 24.1 Å². The van der Waals surface area contributed by atoms with Crippen molar-refractivity contribution in [1.82, 2.24) is 9.36 Å². The molecule has 0 spiro atoms. The molecule has 0 radical (unpaired) electrons. The van der Waals surface area contributed by atoms with Crippen molar-refractivity contribution in [2.75, 3.05) is 10.6 Å². The fourth-order valence-electron chi connectivity index (χ4n) is 3.01. The Morgan fingerprint density at radius 1 is 1.06 bits per heavy atom. The number of anilines is 2. The van der Waals surface area contributed by atoms with E-state index >= 15 is 0 Å². The highest BCUT2D eigenvalue weighted by molar-refractivity contribution is 5.96. The topological polar surface area (TPSA) is 77.3 Å². The van der Waals surface area contributed by atoms with Crippen LogP contribution in [0.3, 0.4) is 0 Å². The second-order valence-corrected chi connectivity index (χ2v) is 6.86. The molecule has 7 nitrogen and oxygen atoms in total. The minimum absolute atomic E-state index is 0.280. The highest BCUT2D eigenvalue weighted by atomic mass is 19.4. The molecule has 2 aromatic carbocycles. The Kier molecular flexibility index (Phi) is 6.09. The van der Waals surface area contributed by atoms with E-state index in [4.69, 9.17) is 0 Å². The Labute approximate surface area is 176 Å². The van der Waals surface area contributed by atoms with Crippen LogP contribution in [-0.4, -0.2) is 27.7 Å². The maximum Gasteiger partial charge on any atom is 0.573 e. The summed E-state index contributed by atoms with van der Waals surface area (Å²) in [5.41, 5.74) is 1.59. The number of nitrogens with zero attached hydrogens (tertiary/aromatic N) is 2. The third-order valence-electron chi connectivity index (χ3n) is 4.66. The zero-order chi connectivity index (χ0) is 22.8. The average molecular weight is 434 g/mol.